The van der Waals surface area contributed by atoms with E-state index in [0.29, 0.717) is 0 Å². The van der Waals surface area contributed by atoms with Crippen molar-refractivity contribution in [1.29, 1.82) is 0 Å². The maximum Gasteiger partial charge on any atom is 0 e. The molecule has 0 N–H and O–H groups in total. The van der Waals surface area contributed by atoms with Gasteiger partial charge in [-0.05, 0) is 32.3 Å². The molecule has 3 aliphatic rings. The van der Waals surface area contributed by atoms with Gasteiger partial charge < -0.3 is 0 Å². The average Bonchev–Trinajstić information content (AvgIpc) is 2.95. The van der Waals surface area contributed by atoms with E-state index < -0.39 is 0 Å². The average molecular weight is 395 g/mol. The summed E-state index contributed by atoms with van der Waals surface area (Å²) in [7, 11) is 0. The van der Waals surface area contributed by atoms with Crippen molar-refractivity contribution in [1.82, 2.24) is 0 Å². The van der Waals surface area contributed by atoms with Crippen molar-refractivity contribution in [3.05, 3.63) is 51.5 Å². The maximum atomic E-state index is 2.43. The number of hydrogen-bond donors (Lipinski definition) is 0. The minimum Gasteiger partial charge on any atom is -0.205 e. The van der Waals surface area contributed by atoms with Gasteiger partial charge >= 0.3 is 0 Å². The van der Waals surface area contributed by atoms with Crippen LogP contribution in [0.3, 0.4) is 0 Å². The van der Waals surface area contributed by atoms with Gasteiger partial charge in [-0.25, -0.2) is 11.5 Å². The van der Waals surface area contributed by atoms with Crippen LogP contribution < -0.4 is 0 Å². The van der Waals surface area contributed by atoms with Crippen molar-refractivity contribution in [2.24, 2.45) is 5.92 Å². The molecule has 0 bridgehead atoms. The molecular weight excluding hydrogens is 367 g/mol. The summed E-state index contributed by atoms with van der Waals surface area (Å²) in [6, 6.07) is 0. The Morgan fingerprint density at radius 1 is 0.909 bits per heavy atom. The summed E-state index contributed by atoms with van der Waals surface area (Å²) >= 11 is 0. The Kier molecular flexibility index (Phi) is 7.48. The first-order valence-corrected chi connectivity index (χ1v) is 8.19. The Morgan fingerprint density at radius 2 is 1.55 bits per heavy atom. The zero-order valence-electron chi connectivity index (χ0n) is 14.4. The van der Waals surface area contributed by atoms with Gasteiger partial charge in [0, 0.05) is 26.2 Å². The first kappa shape index (κ1) is 20.0. The van der Waals surface area contributed by atoms with Crippen molar-refractivity contribution >= 4 is 12.4 Å². The number of rotatable bonds is 2. The molecule has 0 aromatic heterocycles. The molecule has 1 atom stereocenters. The van der Waals surface area contributed by atoms with Gasteiger partial charge in [0.05, 0.1) is 0 Å². The summed E-state index contributed by atoms with van der Waals surface area (Å²) in [5.74, 6) is 2.51. The predicted octanol–water partition coefficient (Wildman–Crippen LogP) is 6.50. The van der Waals surface area contributed by atoms with Gasteiger partial charge in [0.2, 0.25) is 0 Å². The van der Waals surface area contributed by atoms with Gasteiger partial charge in [-0.2, -0.15) is 5.57 Å². The predicted molar refractivity (Wildman–Crippen MR) is 94.6 cm³/mol. The number of halogens is 1. The van der Waals surface area contributed by atoms with Crippen LogP contribution in [-0.2, 0) is 26.2 Å². The van der Waals surface area contributed by atoms with Gasteiger partial charge in [0.15, 0.2) is 0 Å². The van der Waals surface area contributed by atoms with Crippen molar-refractivity contribution in [2.75, 3.05) is 0 Å². The Bertz CT molecular complexity index is 498. The first-order valence-electron chi connectivity index (χ1n) is 8.19. The van der Waals surface area contributed by atoms with Gasteiger partial charge in [-0.3, -0.25) is 0 Å². The quantitative estimate of drug-likeness (QED) is 0.468. The molecule has 0 radical (unpaired) electrons. The van der Waals surface area contributed by atoms with Crippen LogP contribution in [0.2, 0.25) is 0 Å². The van der Waals surface area contributed by atoms with Crippen LogP contribution in [0.1, 0.15) is 66.2 Å². The minimum absolute atomic E-state index is 0. The van der Waals surface area contributed by atoms with Crippen molar-refractivity contribution in [3.8, 4) is 0 Å². The van der Waals surface area contributed by atoms with Crippen LogP contribution in [0.25, 0.3) is 0 Å². The Morgan fingerprint density at radius 3 is 2.09 bits per heavy atom. The second-order valence-corrected chi connectivity index (χ2v) is 6.76. The standard InChI is InChI=1S/C20H27.ClH.Zr/c1-13-9-11-17(15(13)3)19-7-5-6-8-20(19)18-12-10-14(2)16(18)4;;/h9-10,19H,5-8,11-12H2,1-4H3;1H;/q-1;;. The SMILES string of the molecule is CC1=CCC([C-]2CCCCC2C2=C(C)C(C)=CC2)=C1C.Cl.[Zr]. The Hall–Kier alpha value is 0.00312. The van der Waals surface area contributed by atoms with Crippen LogP contribution in [0.15, 0.2) is 45.6 Å². The molecule has 1 fully saturated rings. The summed E-state index contributed by atoms with van der Waals surface area (Å²) in [6.07, 6.45) is 12.7. The van der Waals surface area contributed by atoms with Crippen LogP contribution in [-0.4, -0.2) is 0 Å². The molecular formula is C20H28ClZr-. The fraction of sp³-hybridized carbons (Fsp3) is 0.550. The van der Waals surface area contributed by atoms with E-state index in [4.69, 9.17) is 0 Å². The molecule has 0 aliphatic heterocycles. The third-order valence-electron chi connectivity index (χ3n) is 5.78. The van der Waals surface area contributed by atoms with E-state index in [1.807, 2.05) is 0 Å². The first-order chi connectivity index (χ1) is 9.59. The molecule has 0 amide bonds. The second kappa shape index (κ2) is 8.21. The van der Waals surface area contributed by atoms with E-state index in [0.717, 1.165) is 5.92 Å². The van der Waals surface area contributed by atoms with Gasteiger partial charge in [0.1, 0.15) is 0 Å². The van der Waals surface area contributed by atoms with Crippen molar-refractivity contribution < 1.29 is 26.2 Å². The largest absolute Gasteiger partial charge is 0.205 e. The van der Waals surface area contributed by atoms with Crippen LogP contribution in [0, 0.1) is 11.8 Å². The van der Waals surface area contributed by atoms with Crippen LogP contribution in [0.4, 0.5) is 0 Å². The Balaban J connectivity index is 0.00000121. The summed E-state index contributed by atoms with van der Waals surface area (Å²) in [5, 5.41) is 0. The maximum absolute atomic E-state index is 2.43. The molecule has 22 heavy (non-hydrogen) atoms. The van der Waals surface area contributed by atoms with Crippen molar-refractivity contribution in [2.45, 2.75) is 66.2 Å². The zero-order chi connectivity index (χ0) is 14.3. The topological polar surface area (TPSA) is 0 Å². The third-order valence-corrected chi connectivity index (χ3v) is 5.78. The van der Waals surface area contributed by atoms with E-state index in [9.17, 15) is 0 Å². The Labute approximate surface area is 161 Å². The van der Waals surface area contributed by atoms with E-state index in [1.165, 1.54) is 49.7 Å². The third kappa shape index (κ3) is 3.57. The number of allylic oxidation sites excluding steroid dienone is 8. The molecule has 3 aliphatic carbocycles. The van der Waals surface area contributed by atoms with Crippen LogP contribution in [0.5, 0.6) is 0 Å². The van der Waals surface area contributed by atoms with E-state index in [-0.39, 0.29) is 38.6 Å². The van der Waals surface area contributed by atoms with E-state index in [2.05, 4.69) is 39.8 Å². The summed E-state index contributed by atoms with van der Waals surface area (Å²) in [4.78, 5) is 0. The van der Waals surface area contributed by atoms with Crippen molar-refractivity contribution in [3.63, 3.8) is 0 Å². The monoisotopic (exact) mass is 393 g/mol. The second-order valence-electron chi connectivity index (χ2n) is 6.76. The van der Waals surface area contributed by atoms with Crippen LogP contribution >= 0.6 is 12.4 Å². The van der Waals surface area contributed by atoms with Gasteiger partial charge in [-0.1, -0.05) is 61.8 Å². The molecule has 3 rings (SSSR count). The van der Waals surface area contributed by atoms with Gasteiger partial charge in [-0.15, -0.1) is 24.9 Å². The van der Waals surface area contributed by atoms with Gasteiger partial charge in [0.25, 0.3) is 0 Å². The molecule has 0 aromatic rings. The molecule has 120 valence electrons. The van der Waals surface area contributed by atoms with E-state index >= 15 is 0 Å². The molecule has 0 heterocycles. The molecule has 0 aromatic carbocycles. The smallest absolute Gasteiger partial charge is 0 e. The zero-order valence-corrected chi connectivity index (χ0v) is 17.7. The molecule has 1 unspecified atom stereocenters. The fourth-order valence-electron chi connectivity index (χ4n) is 4.16. The fourth-order valence-corrected chi connectivity index (χ4v) is 4.16. The molecule has 0 saturated heterocycles. The van der Waals surface area contributed by atoms with E-state index in [1.54, 1.807) is 28.2 Å². The molecule has 2 heteroatoms. The molecule has 1 saturated carbocycles. The molecule has 0 spiro atoms. The summed E-state index contributed by atoms with van der Waals surface area (Å²) in [5.41, 5.74) is 9.56. The number of hydrogen-bond acceptors (Lipinski definition) is 0. The minimum atomic E-state index is 0. The normalized spacial score (nSPS) is 24.9. The molecule has 0 nitrogen and oxygen atoms in total. The summed E-state index contributed by atoms with van der Waals surface area (Å²) < 4.78 is 0. The summed E-state index contributed by atoms with van der Waals surface area (Å²) in [6.45, 7) is 9.20.